The fourth-order valence-corrected chi connectivity index (χ4v) is 4.23. The van der Waals surface area contributed by atoms with Gasteiger partial charge in [0.15, 0.2) is 0 Å². The molecule has 0 saturated carbocycles. The van der Waals surface area contributed by atoms with Crippen molar-refractivity contribution in [3.05, 3.63) is 53.1 Å². The highest BCUT2D eigenvalue weighted by Gasteiger charge is 2.34. The first-order valence-corrected chi connectivity index (χ1v) is 11.2. The smallest absolute Gasteiger partial charge is 0.270 e. The van der Waals surface area contributed by atoms with Gasteiger partial charge in [-0.3, -0.25) is 9.59 Å². The third kappa shape index (κ3) is 5.47. The molecule has 2 aliphatic rings. The molecule has 2 amide bonds. The third-order valence-electron chi connectivity index (χ3n) is 6.18. The van der Waals surface area contributed by atoms with E-state index >= 15 is 0 Å². The van der Waals surface area contributed by atoms with Crippen LogP contribution in [0.2, 0.25) is 0 Å². The number of benzene rings is 1. The largest absolute Gasteiger partial charge is 0.497 e. The molecule has 1 unspecified atom stereocenters. The maximum absolute atomic E-state index is 12.7. The van der Waals surface area contributed by atoms with Crippen LogP contribution in [0.15, 0.2) is 35.5 Å². The Labute approximate surface area is 193 Å². The molecular formula is C24H29N5O4. The molecule has 1 aromatic heterocycles. The number of carbonyl (C=O) groups is 2. The van der Waals surface area contributed by atoms with Crippen molar-refractivity contribution in [3.63, 3.8) is 0 Å². The van der Waals surface area contributed by atoms with E-state index in [0.29, 0.717) is 36.1 Å². The van der Waals surface area contributed by atoms with Crippen molar-refractivity contribution < 1.29 is 19.2 Å². The summed E-state index contributed by atoms with van der Waals surface area (Å²) in [5.74, 6) is 1.46. The number of hydrogen-bond acceptors (Lipinski definition) is 7. The topological polar surface area (TPSA) is 106 Å². The van der Waals surface area contributed by atoms with Gasteiger partial charge < -0.3 is 19.8 Å². The van der Waals surface area contributed by atoms with Crippen LogP contribution in [0.4, 0.5) is 0 Å². The minimum atomic E-state index is -0.273. The Morgan fingerprint density at radius 3 is 2.58 bits per heavy atom. The van der Waals surface area contributed by atoms with E-state index in [1.807, 2.05) is 29.2 Å². The standard InChI is InChI=1S/C24H29N5O4/c1-15-26-20(21-13-23(33-28-21)18-8-10-29(11-9-18)16(2)30)12-22(27-15)24(31)25-14-17-4-6-19(32-3)7-5-17/h4-7,12,18,23H,8-11,13-14H2,1-3H3,(H,25,31). The molecule has 0 bridgehead atoms. The first kappa shape index (κ1) is 22.7. The number of carbonyl (C=O) groups excluding carboxylic acids is 2. The molecule has 0 aliphatic carbocycles. The minimum absolute atomic E-state index is 0.0308. The van der Waals surface area contributed by atoms with E-state index in [9.17, 15) is 9.59 Å². The average molecular weight is 452 g/mol. The lowest BCUT2D eigenvalue weighted by Gasteiger charge is -2.33. The molecule has 174 valence electrons. The van der Waals surface area contributed by atoms with Gasteiger partial charge in [0.25, 0.3) is 5.91 Å². The van der Waals surface area contributed by atoms with Gasteiger partial charge in [0.1, 0.15) is 29.1 Å². The molecule has 3 heterocycles. The maximum Gasteiger partial charge on any atom is 0.270 e. The van der Waals surface area contributed by atoms with E-state index in [1.165, 1.54) is 0 Å². The molecule has 2 aromatic rings. The molecule has 0 spiro atoms. The molecule has 0 radical (unpaired) electrons. The highest BCUT2D eigenvalue weighted by atomic mass is 16.6. The number of nitrogens with zero attached hydrogens (tertiary/aromatic N) is 4. The molecule has 33 heavy (non-hydrogen) atoms. The molecular weight excluding hydrogens is 422 g/mol. The van der Waals surface area contributed by atoms with Crippen LogP contribution in [-0.4, -0.2) is 58.7 Å². The van der Waals surface area contributed by atoms with Crippen LogP contribution in [0.3, 0.4) is 0 Å². The lowest BCUT2D eigenvalue weighted by atomic mass is 9.88. The predicted molar refractivity (Wildman–Crippen MR) is 122 cm³/mol. The predicted octanol–water partition coefficient (Wildman–Crippen LogP) is 2.48. The second-order valence-corrected chi connectivity index (χ2v) is 8.45. The van der Waals surface area contributed by atoms with Crippen molar-refractivity contribution in [2.75, 3.05) is 20.2 Å². The summed E-state index contributed by atoms with van der Waals surface area (Å²) in [6.45, 7) is 5.25. The Balaban J connectivity index is 1.37. The number of piperidine rings is 1. The molecule has 1 fully saturated rings. The quantitative estimate of drug-likeness (QED) is 0.723. The van der Waals surface area contributed by atoms with Crippen LogP contribution in [0.5, 0.6) is 5.75 Å². The first-order valence-electron chi connectivity index (χ1n) is 11.2. The zero-order valence-electron chi connectivity index (χ0n) is 19.2. The zero-order valence-corrected chi connectivity index (χ0v) is 19.2. The van der Waals surface area contributed by atoms with Crippen molar-refractivity contribution in [1.82, 2.24) is 20.2 Å². The molecule has 2 aliphatic heterocycles. The van der Waals surface area contributed by atoms with E-state index in [1.54, 1.807) is 27.0 Å². The SMILES string of the molecule is COc1ccc(CNC(=O)c2cc(C3=NOC(C4CCN(C(C)=O)CC4)C3)nc(C)n2)cc1. The number of methoxy groups -OCH3 is 1. The normalized spacial score (nSPS) is 18.5. The Kier molecular flexibility index (Phi) is 6.86. The summed E-state index contributed by atoms with van der Waals surface area (Å²) in [6, 6.07) is 9.18. The average Bonchev–Trinajstić information content (AvgIpc) is 3.33. The Bertz CT molecular complexity index is 1050. The van der Waals surface area contributed by atoms with E-state index in [-0.39, 0.29) is 17.9 Å². The highest BCUT2D eigenvalue weighted by Crippen LogP contribution is 2.29. The summed E-state index contributed by atoms with van der Waals surface area (Å²) in [6.07, 6.45) is 2.40. The fourth-order valence-electron chi connectivity index (χ4n) is 4.23. The fraction of sp³-hybridized carbons (Fsp3) is 0.458. The number of nitrogens with one attached hydrogen (secondary N) is 1. The van der Waals surface area contributed by atoms with Gasteiger partial charge in [-0.25, -0.2) is 9.97 Å². The van der Waals surface area contributed by atoms with Crippen LogP contribution in [-0.2, 0) is 16.2 Å². The number of likely N-dealkylation sites (tertiary alicyclic amines) is 1. The van der Waals surface area contributed by atoms with Gasteiger partial charge >= 0.3 is 0 Å². The summed E-state index contributed by atoms with van der Waals surface area (Å²) in [5, 5.41) is 7.17. The van der Waals surface area contributed by atoms with Gasteiger partial charge in [-0.15, -0.1) is 0 Å². The van der Waals surface area contributed by atoms with Crippen molar-refractivity contribution >= 4 is 17.5 Å². The molecule has 9 nitrogen and oxygen atoms in total. The van der Waals surface area contributed by atoms with Gasteiger partial charge in [-0.2, -0.15) is 0 Å². The number of ether oxygens (including phenoxy) is 1. The summed E-state index contributed by atoms with van der Waals surface area (Å²) in [7, 11) is 1.62. The number of rotatable bonds is 6. The first-order chi connectivity index (χ1) is 15.9. The van der Waals surface area contributed by atoms with Gasteiger partial charge in [0.2, 0.25) is 5.91 Å². The highest BCUT2D eigenvalue weighted by molar-refractivity contribution is 6.01. The summed E-state index contributed by atoms with van der Waals surface area (Å²) in [5.41, 5.74) is 2.60. The summed E-state index contributed by atoms with van der Waals surface area (Å²) in [4.78, 5) is 40.7. The van der Waals surface area contributed by atoms with E-state index in [2.05, 4.69) is 20.4 Å². The van der Waals surface area contributed by atoms with Crippen LogP contribution < -0.4 is 10.1 Å². The molecule has 1 atom stereocenters. The Morgan fingerprint density at radius 2 is 1.91 bits per heavy atom. The summed E-state index contributed by atoms with van der Waals surface area (Å²) >= 11 is 0. The van der Waals surface area contributed by atoms with Gasteiger partial charge in [-0.1, -0.05) is 17.3 Å². The summed E-state index contributed by atoms with van der Waals surface area (Å²) < 4.78 is 5.16. The molecule has 1 N–H and O–H groups in total. The number of aromatic nitrogens is 2. The van der Waals surface area contributed by atoms with Gasteiger partial charge in [0.05, 0.1) is 12.8 Å². The molecule has 4 rings (SSSR count). The number of hydrogen-bond donors (Lipinski definition) is 1. The zero-order chi connectivity index (χ0) is 23.4. The third-order valence-corrected chi connectivity index (χ3v) is 6.18. The second kappa shape index (κ2) is 9.97. The van der Waals surface area contributed by atoms with Crippen LogP contribution in [0.1, 0.15) is 53.8 Å². The lowest BCUT2D eigenvalue weighted by Crippen LogP contribution is -2.40. The van der Waals surface area contributed by atoms with E-state index in [4.69, 9.17) is 9.57 Å². The molecule has 1 saturated heterocycles. The number of amides is 2. The van der Waals surface area contributed by atoms with Crippen molar-refractivity contribution in [3.8, 4) is 5.75 Å². The monoisotopic (exact) mass is 451 g/mol. The van der Waals surface area contributed by atoms with E-state index < -0.39 is 0 Å². The van der Waals surface area contributed by atoms with Crippen molar-refractivity contribution in [2.45, 2.75) is 45.8 Å². The molecule has 1 aromatic carbocycles. The van der Waals surface area contributed by atoms with Crippen LogP contribution in [0.25, 0.3) is 0 Å². The Hall–Kier alpha value is -3.49. The second-order valence-electron chi connectivity index (χ2n) is 8.45. The lowest BCUT2D eigenvalue weighted by molar-refractivity contribution is -0.130. The van der Waals surface area contributed by atoms with Crippen LogP contribution in [0, 0.1) is 12.8 Å². The maximum atomic E-state index is 12.7. The number of aryl methyl sites for hydroxylation is 1. The molecule has 9 heteroatoms. The van der Waals surface area contributed by atoms with Crippen molar-refractivity contribution in [1.29, 1.82) is 0 Å². The Morgan fingerprint density at radius 1 is 1.18 bits per heavy atom. The number of oxime groups is 1. The van der Waals surface area contributed by atoms with Gasteiger partial charge in [-0.05, 0) is 43.5 Å². The van der Waals surface area contributed by atoms with Crippen LogP contribution >= 0.6 is 0 Å². The minimum Gasteiger partial charge on any atom is -0.497 e. The van der Waals surface area contributed by atoms with Gasteiger partial charge in [0, 0.05) is 38.9 Å². The van der Waals surface area contributed by atoms with Crippen molar-refractivity contribution in [2.24, 2.45) is 11.1 Å². The van der Waals surface area contributed by atoms with E-state index in [0.717, 1.165) is 43.0 Å².